The molecule has 8 heteroatoms. The van der Waals surface area contributed by atoms with Crippen LogP contribution in [0.25, 0.3) is 10.9 Å². The molecular weight excluding hydrogens is 666 g/mol. The Balaban J connectivity index is 0.000000289. The Morgan fingerprint density at radius 2 is 1.63 bits per heavy atom. The molecule has 1 aromatic heterocycles. The predicted octanol–water partition coefficient (Wildman–Crippen LogP) is 7.86. The molecule has 0 atom stereocenters. The minimum atomic E-state index is -0.248. The number of halogens is 2. The first kappa shape index (κ1) is 31.1. The van der Waals surface area contributed by atoms with Gasteiger partial charge < -0.3 is 0 Å². The molecule has 2 heterocycles. The summed E-state index contributed by atoms with van der Waals surface area (Å²) >= 11 is 4.44. The van der Waals surface area contributed by atoms with E-state index >= 15 is 0 Å². The summed E-state index contributed by atoms with van der Waals surface area (Å²) in [6, 6.07) is 16.2. The van der Waals surface area contributed by atoms with Crippen LogP contribution in [0, 0.1) is 9.12 Å². The van der Waals surface area contributed by atoms with Gasteiger partial charge in [0.05, 0.1) is 17.6 Å². The van der Waals surface area contributed by atoms with Crippen molar-refractivity contribution in [3.05, 3.63) is 63.4 Å². The summed E-state index contributed by atoms with van der Waals surface area (Å²) < 4.78 is 3.55. The number of carbonyl (C=O) groups excluding carboxylic acids is 2. The average Bonchev–Trinajstić information content (AvgIpc) is 3.28. The highest BCUT2D eigenvalue weighted by molar-refractivity contribution is 14.1. The molecule has 0 radical (unpaired) electrons. The molecule has 0 unspecified atom stereocenters. The zero-order valence-electron chi connectivity index (χ0n) is 20.4. The van der Waals surface area contributed by atoms with Crippen LogP contribution < -0.4 is 0 Å². The molecule has 2 aromatic carbocycles. The largest absolute Gasteiger partial charge is 0.273 e. The summed E-state index contributed by atoms with van der Waals surface area (Å²) in [5, 5.41) is 5.37. The Labute approximate surface area is 236 Å². The fourth-order valence-corrected chi connectivity index (χ4v) is 4.35. The Hall–Kier alpha value is -1.91. The lowest BCUT2D eigenvalue weighted by Gasteiger charge is -2.16. The predicted molar refractivity (Wildman–Crippen MR) is 162 cm³/mol. The van der Waals surface area contributed by atoms with E-state index in [1.165, 1.54) is 21.9 Å². The molecule has 4 rings (SSSR count). The number of isocyanates is 1. The molecule has 0 aliphatic carbocycles. The second kappa shape index (κ2) is 13.4. The summed E-state index contributed by atoms with van der Waals surface area (Å²) in [6.07, 6.45) is 1.98. The van der Waals surface area contributed by atoms with Gasteiger partial charge in [0, 0.05) is 17.4 Å². The number of hydrogen-bond acceptors (Lipinski definition) is 5. The number of nitrogens with zero attached hydrogens (tertiary/aromatic N) is 4. The van der Waals surface area contributed by atoms with Crippen LogP contribution in [0.3, 0.4) is 0 Å². The lowest BCUT2D eigenvalue weighted by Crippen LogP contribution is -2.19. The van der Waals surface area contributed by atoms with Crippen molar-refractivity contribution in [1.29, 1.82) is 0 Å². The first-order valence-corrected chi connectivity index (χ1v) is 13.0. The fraction of sp³-hybridized carbons (Fsp3) is 0.407. The van der Waals surface area contributed by atoms with Crippen molar-refractivity contribution < 1.29 is 9.59 Å². The third kappa shape index (κ3) is 9.93. The van der Waals surface area contributed by atoms with Gasteiger partial charge in [-0.2, -0.15) is 9.78 Å². The van der Waals surface area contributed by atoms with Crippen LogP contribution in [0.1, 0.15) is 71.3 Å². The molecule has 1 aliphatic heterocycles. The third-order valence-electron chi connectivity index (χ3n) is 4.47. The first-order chi connectivity index (χ1) is 15.8. The van der Waals surface area contributed by atoms with Gasteiger partial charge in [-0.05, 0) is 83.0 Å². The number of carbonyl (C=O) groups is 1. The van der Waals surface area contributed by atoms with E-state index in [2.05, 4.69) is 105 Å². The third-order valence-corrected chi connectivity index (χ3v) is 6.19. The van der Waals surface area contributed by atoms with Crippen LogP contribution in [0.2, 0.25) is 0 Å². The molecule has 0 saturated carbocycles. The van der Waals surface area contributed by atoms with E-state index in [9.17, 15) is 9.59 Å². The number of hydrogen-bond donors (Lipinski definition) is 0. The number of benzene rings is 2. The van der Waals surface area contributed by atoms with Crippen LogP contribution in [0.5, 0.6) is 0 Å². The van der Waals surface area contributed by atoms with E-state index in [0.717, 1.165) is 24.9 Å². The summed E-state index contributed by atoms with van der Waals surface area (Å²) in [5.41, 5.74) is 3.29. The van der Waals surface area contributed by atoms with Gasteiger partial charge in [-0.1, -0.05) is 70.7 Å². The average molecular weight is 700 g/mol. The van der Waals surface area contributed by atoms with Crippen molar-refractivity contribution >= 4 is 71.8 Å². The summed E-state index contributed by atoms with van der Waals surface area (Å²) in [6.45, 7) is 12.6. The second-order valence-corrected chi connectivity index (χ2v) is 12.0. The fourth-order valence-electron chi connectivity index (χ4n) is 2.98. The zero-order valence-corrected chi connectivity index (χ0v) is 24.7. The van der Waals surface area contributed by atoms with Crippen LogP contribution in [0.4, 0.5) is 0 Å². The highest BCUT2D eigenvalue weighted by Crippen LogP contribution is 2.24. The molecule has 0 saturated heterocycles. The highest BCUT2D eigenvalue weighted by atomic mass is 127. The molecule has 0 N–H and O–H groups in total. The molecule has 188 valence electrons. The molecule has 0 amide bonds. The molecule has 6 nitrogen and oxygen atoms in total. The van der Waals surface area contributed by atoms with Crippen molar-refractivity contribution in [3.8, 4) is 0 Å². The van der Waals surface area contributed by atoms with E-state index in [1.54, 1.807) is 0 Å². The van der Waals surface area contributed by atoms with Gasteiger partial charge in [0.15, 0.2) is 0 Å². The van der Waals surface area contributed by atoms with E-state index in [1.807, 2.05) is 45.0 Å². The van der Waals surface area contributed by atoms with Gasteiger partial charge >= 0.3 is 0 Å². The molecule has 35 heavy (non-hydrogen) atoms. The lowest BCUT2D eigenvalue weighted by molar-refractivity contribution is 0.0846. The minimum Gasteiger partial charge on any atom is -0.273 e. The summed E-state index contributed by atoms with van der Waals surface area (Å²) in [7, 11) is 0. The van der Waals surface area contributed by atoms with Crippen molar-refractivity contribution in [2.45, 2.75) is 67.5 Å². The Kier molecular flexibility index (Phi) is 11.9. The van der Waals surface area contributed by atoms with E-state index in [4.69, 9.17) is 0 Å². The minimum absolute atomic E-state index is 0. The quantitative estimate of drug-likeness (QED) is 0.148. The first-order valence-electron chi connectivity index (χ1n) is 10.9. The molecule has 0 fully saturated rings. The van der Waals surface area contributed by atoms with Crippen molar-refractivity contribution in [1.82, 2.24) is 9.78 Å². The van der Waals surface area contributed by atoms with Gasteiger partial charge in [0.25, 0.3) is 0 Å². The number of fused-ring (bicyclic) bond motifs is 2. The topological polar surface area (TPSA) is 76.7 Å². The van der Waals surface area contributed by atoms with Crippen molar-refractivity contribution in [2.24, 2.45) is 15.4 Å². The normalized spacial score (nSPS) is 12.1. The lowest BCUT2D eigenvalue weighted by atomic mass is 9.92. The van der Waals surface area contributed by atoms with Crippen molar-refractivity contribution in [3.63, 3.8) is 0 Å². The zero-order chi connectivity index (χ0) is 25.5. The number of aliphatic imine (C=N–C) groups is 2. The van der Waals surface area contributed by atoms with Gasteiger partial charge in [0.1, 0.15) is 7.42 Å². The van der Waals surface area contributed by atoms with E-state index in [-0.39, 0.29) is 24.3 Å². The van der Waals surface area contributed by atoms with Crippen LogP contribution in [0.15, 0.2) is 58.5 Å². The van der Waals surface area contributed by atoms with E-state index in [0.29, 0.717) is 6.42 Å². The van der Waals surface area contributed by atoms with Crippen LogP contribution >= 0.6 is 45.2 Å². The van der Waals surface area contributed by atoms with Gasteiger partial charge in [-0.15, -0.1) is 0 Å². The number of para-hydroxylation sites is 1. The molecular formula is C27H34I2N4O2. The van der Waals surface area contributed by atoms with Crippen LogP contribution in [-0.4, -0.2) is 31.0 Å². The molecule has 0 bridgehead atoms. The maximum Gasteiger partial charge on any atom is 0.247 e. The molecule has 0 spiro atoms. The maximum atomic E-state index is 12.2. The smallest absolute Gasteiger partial charge is 0.247 e. The summed E-state index contributed by atoms with van der Waals surface area (Å²) in [5.74, 6) is 0.0524. The SMILES string of the molecule is C.CC(C)(C)CC(=O)n1nc(I)c2ccccc21.CC(C)(C)N=C=O.IC1=NCc2ccccc21. The standard InChI is InChI=1S/C13H15IN2O.C8H6IN.C5H9NO.CH4/c1-13(2,3)8-11(17)16-10-7-5-4-6-9(10)12(14)15-16;9-8-7-4-2-1-3-6(7)5-10-8;1-5(2,3)6-4-7;/h4-7H,8H2,1-3H3;1-4H,5H2;1-3H3;1H4. The number of rotatable bonds is 1. The molecule has 3 aromatic rings. The Morgan fingerprint density at radius 3 is 2.17 bits per heavy atom. The van der Waals surface area contributed by atoms with Crippen LogP contribution in [-0.2, 0) is 11.3 Å². The Morgan fingerprint density at radius 1 is 1.03 bits per heavy atom. The molecule has 1 aliphatic rings. The Bertz CT molecular complexity index is 1230. The van der Waals surface area contributed by atoms with Crippen molar-refractivity contribution in [2.75, 3.05) is 0 Å². The number of aromatic nitrogens is 2. The second-order valence-electron chi connectivity index (χ2n) is 9.99. The highest BCUT2D eigenvalue weighted by Gasteiger charge is 2.20. The van der Waals surface area contributed by atoms with Gasteiger partial charge in [-0.25, -0.2) is 9.79 Å². The monoisotopic (exact) mass is 700 g/mol. The van der Waals surface area contributed by atoms with Gasteiger partial charge in [-0.3, -0.25) is 9.79 Å². The van der Waals surface area contributed by atoms with E-state index < -0.39 is 0 Å². The summed E-state index contributed by atoms with van der Waals surface area (Å²) in [4.78, 5) is 29.5. The van der Waals surface area contributed by atoms with Gasteiger partial charge in [0.2, 0.25) is 12.0 Å². The maximum absolute atomic E-state index is 12.2.